The molecule has 2 heterocycles. The van der Waals surface area contributed by atoms with Crippen molar-refractivity contribution in [2.75, 3.05) is 7.11 Å². The van der Waals surface area contributed by atoms with Crippen LogP contribution in [0.1, 0.15) is 10.5 Å². The number of aldehydes is 1. The van der Waals surface area contributed by atoms with Crippen LogP contribution in [0.25, 0.3) is 16.2 Å². The number of imidazole rings is 1. The SMILES string of the molecule is COc1ccc(Cl)cc1-c1nc2sccn2c1C=O. The highest BCUT2D eigenvalue weighted by Crippen LogP contribution is 2.34. The fourth-order valence-corrected chi connectivity index (χ4v) is 2.87. The van der Waals surface area contributed by atoms with E-state index >= 15 is 0 Å². The zero-order chi connectivity index (χ0) is 13.4. The van der Waals surface area contributed by atoms with E-state index in [1.807, 2.05) is 11.6 Å². The first-order valence-electron chi connectivity index (χ1n) is 5.49. The molecule has 3 aromatic rings. The van der Waals surface area contributed by atoms with Gasteiger partial charge in [-0.1, -0.05) is 11.6 Å². The molecule has 0 aliphatic rings. The Hall–Kier alpha value is -1.85. The van der Waals surface area contributed by atoms with Crippen LogP contribution in [0.3, 0.4) is 0 Å². The van der Waals surface area contributed by atoms with Crippen molar-refractivity contribution in [3.8, 4) is 17.0 Å². The molecule has 0 unspecified atom stereocenters. The summed E-state index contributed by atoms with van der Waals surface area (Å²) >= 11 is 7.49. The van der Waals surface area contributed by atoms with Crippen molar-refractivity contribution in [1.82, 2.24) is 9.38 Å². The molecular weight excluding hydrogens is 284 g/mol. The zero-order valence-electron chi connectivity index (χ0n) is 9.96. The first kappa shape index (κ1) is 12.2. The molecule has 6 heteroatoms. The Balaban J connectivity index is 2.31. The molecule has 2 aromatic heterocycles. The first-order valence-corrected chi connectivity index (χ1v) is 6.75. The summed E-state index contributed by atoms with van der Waals surface area (Å²) in [6, 6.07) is 5.25. The number of hydrogen-bond donors (Lipinski definition) is 0. The number of thiazole rings is 1. The Morgan fingerprint density at radius 1 is 1.47 bits per heavy atom. The number of rotatable bonds is 3. The largest absolute Gasteiger partial charge is 0.496 e. The molecule has 0 saturated heterocycles. The number of benzene rings is 1. The maximum Gasteiger partial charge on any atom is 0.194 e. The van der Waals surface area contributed by atoms with Crippen molar-refractivity contribution in [3.05, 3.63) is 40.5 Å². The Morgan fingerprint density at radius 2 is 2.32 bits per heavy atom. The van der Waals surface area contributed by atoms with Crippen LogP contribution in [0.5, 0.6) is 5.75 Å². The topological polar surface area (TPSA) is 43.6 Å². The van der Waals surface area contributed by atoms with E-state index in [1.165, 1.54) is 11.3 Å². The minimum Gasteiger partial charge on any atom is -0.496 e. The number of ether oxygens (including phenoxy) is 1. The molecule has 0 bridgehead atoms. The minimum atomic E-state index is 0.497. The Morgan fingerprint density at radius 3 is 3.05 bits per heavy atom. The molecule has 0 amide bonds. The van der Waals surface area contributed by atoms with Gasteiger partial charge in [-0.15, -0.1) is 11.3 Å². The van der Waals surface area contributed by atoms with Crippen LogP contribution in [-0.2, 0) is 0 Å². The van der Waals surface area contributed by atoms with Gasteiger partial charge in [0.15, 0.2) is 11.2 Å². The van der Waals surface area contributed by atoms with Crippen molar-refractivity contribution in [1.29, 1.82) is 0 Å². The summed E-state index contributed by atoms with van der Waals surface area (Å²) in [6.45, 7) is 0. The predicted octanol–water partition coefficient (Wildman–Crippen LogP) is 3.54. The van der Waals surface area contributed by atoms with Gasteiger partial charge in [-0.25, -0.2) is 4.98 Å². The van der Waals surface area contributed by atoms with Crippen molar-refractivity contribution in [2.45, 2.75) is 0 Å². The van der Waals surface area contributed by atoms with E-state index in [1.54, 1.807) is 29.7 Å². The molecule has 96 valence electrons. The predicted molar refractivity (Wildman–Crippen MR) is 75.5 cm³/mol. The number of halogens is 1. The van der Waals surface area contributed by atoms with E-state index in [4.69, 9.17) is 16.3 Å². The van der Waals surface area contributed by atoms with Gasteiger partial charge in [-0.3, -0.25) is 9.20 Å². The number of hydrogen-bond acceptors (Lipinski definition) is 4. The molecule has 0 N–H and O–H groups in total. The Kier molecular flexibility index (Phi) is 3.00. The van der Waals surface area contributed by atoms with Crippen LogP contribution < -0.4 is 4.74 Å². The van der Waals surface area contributed by atoms with Gasteiger partial charge in [0.2, 0.25) is 0 Å². The number of methoxy groups -OCH3 is 1. The molecule has 3 rings (SSSR count). The normalized spacial score (nSPS) is 10.8. The molecule has 0 spiro atoms. The van der Waals surface area contributed by atoms with Crippen LogP contribution in [0.2, 0.25) is 5.02 Å². The summed E-state index contributed by atoms with van der Waals surface area (Å²) in [5.41, 5.74) is 1.80. The lowest BCUT2D eigenvalue weighted by Gasteiger charge is -2.07. The molecule has 0 aliphatic carbocycles. The summed E-state index contributed by atoms with van der Waals surface area (Å²) in [6.07, 6.45) is 2.61. The highest BCUT2D eigenvalue weighted by Gasteiger charge is 2.17. The molecule has 0 saturated carbocycles. The van der Waals surface area contributed by atoms with Crippen LogP contribution in [-0.4, -0.2) is 22.8 Å². The monoisotopic (exact) mass is 292 g/mol. The fraction of sp³-hybridized carbons (Fsp3) is 0.0769. The van der Waals surface area contributed by atoms with E-state index in [2.05, 4.69) is 4.98 Å². The highest BCUT2D eigenvalue weighted by atomic mass is 35.5. The van der Waals surface area contributed by atoms with Crippen molar-refractivity contribution in [3.63, 3.8) is 0 Å². The van der Waals surface area contributed by atoms with Gasteiger partial charge in [-0.2, -0.15) is 0 Å². The minimum absolute atomic E-state index is 0.497. The third kappa shape index (κ3) is 1.91. The molecule has 0 radical (unpaired) electrons. The first-order chi connectivity index (χ1) is 9.24. The average Bonchev–Trinajstić information content (AvgIpc) is 2.98. The lowest BCUT2D eigenvalue weighted by molar-refractivity contribution is 0.111. The number of carbonyl (C=O) groups excluding carboxylic acids is 1. The lowest BCUT2D eigenvalue weighted by atomic mass is 10.1. The highest BCUT2D eigenvalue weighted by molar-refractivity contribution is 7.15. The summed E-state index contributed by atoms with van der Waals surface area (Å²) in [5.74, 6) is 0.637. The van der Waals surface area contributed by atoms with Gasteiger partial charge in [0.05, 0.1) is 7.11 Å². The fourth-order valence-electron chi connectivity index (χ4n) is 1.98. The van der Waals surface area contributed by atoms with E-state index in [0.29, 0.717) is 27.7 Å². The molecule has 1 aromatic carbocycles. The number of nitrogens with zero attached hydrogens (tertiary/aromatic N) is 2. The molecule has 0 aliphatic heterocycles. The van der Waals surface area contributed by atoms with Gasteiger partial charge in [0.1, 0.15) is 17.1 Å². The van der Waals surface area contributed by atoms with Gasteiger partial charge < -0.3 is 4.74 Å². The van der Waals surface area contributed by atoms with Crippen molar-refractivity contribution >= 4 is 34.2 Å². The summed E-state index contributed by atoms with van der Waals surface area (Å²) < 4.78 is 7.06. The average molecular weight is 293 g/mol. The smallest absolute Gasteiger partial charge is 0.194 e. The molecule has 0 atom stereocenters. The van der Waals surface area contributed by atoms with E-state index in [-0.39, 0.29) is 0 Å². The second-order valence-electron chi connectivity index (χ2n) is 3.86. The van der Waals surface area contributed by atoms with Crippen LogP contribution >= 0.6 is 22.9 Å². The third-order valence-corrected chi connectivity index (χ3v) is 3.82. The summed E-state index contributed by atoms with van der Waals surface area (Å²) in [5, 5.41) is 2.46. The summed E-state index contributed by atoms with van der Waals surface area (Å²) in [7, 11) is 1.58. The van der Waals surface area contributed by atoms with Crippen molar-refractivity contribution in [2.24, 2.45) is 0 Å². The van der Waals surface area contributed by atoms with Gasteiger partial charge in [0.25, 0.3) is 0 Å². The van der Waals surface area contributed by atoms with E-state index in [9.17, 15) is 4.79 Å². The van der Waals surface area contributed by atoms with Crippen molar-refractivity contribution < 1.29 is 9.53 Å². The Bertz CT molecular complexity index is 763. The number of aromatic nitrogens is 2. The van der Waals surface area contributed by atoms with Gasteiger partial charge in [0, 0.05) is 22.2 Å². The van der Waals surface area contributed by atoms with Gasteiger partial charge in [-0.05, 0) is 18.2 Å². The second kappa shape index (κ2) is 4.68. The third-order valence-electron chi connectivity index (χ3n) is 2.83. The molecular formula is C13H9ClN2O2S. The van der Waals surface area contributed by atoms with E-state index < -0.39 is 0 Å². The number of fused-ring (bicyclic) bond motifs is 1. The van der Waals surface area contributed by atoms with Crippen LogP contribution in [0.15, 0.2) is 29.8 Å². The van der Waals surface area contributed by atoms with Crippen LogP contribution in [0, 0.1) is 0 Å². The molecule has 0 fully saturated rings. The van der Waals surface area contributed by atoms with Gasteiger partial charge >= 0.3 is 0 Å². The maximum atomic E-state index is 11.3. The Labute approximate surface area is 118 Å². The second-order valence-corrected chi connectivity index (χ2v) is 5.17. The summed E-state index contributed by atoms with van der Waals surface area (Å²) in [4.78, 5) is 16.6. The quantitative estimate of drug-likeness (QED) is 0.694. The molecule has 19 heavy (non-hydrogen) atoms. The van der Waals surface area contributed by atoms with E-state index in [0.717, 1.165) is 11.2 Å². The zero-order valence-corrected chi connectivity index (χ0v) is 11.5. The lowest BCUT2D eigenvalue weighted by Crippen LogP contribution is -1.93. The maximum absolute atomic E-state index is 11.3. The van der Waals surface area contributed by atoms with Crippen LogP contribution in [0.4, 0.5) is 0 Å². The molecule has 4 nitrogen and oxygen atoms in total. The number of carbonyl (C=O) groups is 1. The standard InChI is InChI=1S/C13H9ClN2O2S/c1-18-11-3-2-8(14)6-9(11)12-10(7-17)16-4-5-19-13(16)15-12/h2-7H,1H3.